The minimum Gasteiger partial charge on any atom is -0.0651 e. The second kappa shape index (κ2) is 4.94. The molecule has 0 aromatic heterocycles. The third kappa shape index (κ3) is 2.06. The van der Waals surface area contributed by atoms with Crippen molar-refractivity contribution in [2.24, 2.45) is 35.0 Å². The summed E-state index contributed by atoms with van der Waals surface area (Å²) in [5.74, 6) is 5.09. The highest BCUT2D eigenvalue weighted by atomic mass is 14.7. The van der Waals surface area contributed by atoms with E-state index in [1.807, 2.05) is 0 Å². The summed E-state index contributed by atoms with van der Waals surface area (Å²) in [7, 11) is 0. The molecule has 0 amide bonds. The van der Waals surface area contributed by atoms with Gasteiger partial charge in [0.05, 0.1) is 0 Å². The monoisotopic (exact) mass is 236 g/mol. The Morgan fingerprint density at radius 3 is 2.24 bits per heavy atom. The molecule has 2 fully saturated rings. The van der Waals surface area contributed by atoms with Crippen LogP contribution in [0.5, 0.6) is 0 Å². The van der Waals surface area contributed by atoms with Gasteiger partial charge in [0.25, 0.3) is 0 Å². The van der Waals surface area contributed by atoms with Crippen LogP contribution in [0.25, 0.3) is 0 Å². The molecular formula is C17H32. The predicted molar refractivity (Wildman–Crippen MR) is 76.0 cm³/mol. The van der Waals surface area contributed by atoms with Crippen LogP contribution >= 0.6 is 0 Å². The van der Waals surface area contributed by atoms with E-state index in [0.717, 1.165) is 35.0 Å². The van der Waals surface area contributed by atoms with Crippen molar-refractivity contribution in [1.29, 1.82) is 0 Å². The Kier molecular flexibility index (Phi) is 3.90. The first-order chi connectivity index (χ1) is 8.10. The van der Waals surface area contributed by atoms with Crippen LogP contribution in [-0.2, 0) is 0 Å². The van der Waals surface area contributed by atoms with Gasteiger partial charge in [-0.25, -0.2) is 0 Å². The van der Waals surface area contributed by atoms with Crippen molar-refractivity contribution >= 4 is 0 Å². The Bertz CT molecular complexity index is 257. The van der Waals surface area contributed by atoms with Gasteiger partial charge in [-0.3, -0.25) is 0 Å². The van der Waals surface area contributed by atoms with Gasteiger partial charge in [-0.2, -0.15) is 0 Å². The Morgan fingerprint density at radius 1 is 1.06 bits per heavy atom. The van der Waals surface area contributed by atoms with Gasteiger partial charge in [0.2, 0.25) is 0 Å². The molecule has 1 spiro atoms. The number of rotatable bonds is 5. The minimum atomic E-state index is 0.797. The lowest BCUT2D eigenvalue weighted by atomic mass is 9.73. The smallest absolute Gasteiger partial charge is 0.0230 e. The fourth-order valence-corrected chi connectivity index (χ4v) is 5.09. The van der Waals surface area contributed by atoms with Crippen molar-refractivity contribution < 1.29 is 0 Å². The highest BCUT2D eigenvalue weighted by Gasteiger charge is 2.64. The summed E-state index contributed by atoms with van der Waals surface area (Å²) in [6.45, 7) is 12.2. The lowest BCUT2D eigenvalue weighted by molar-refractivity contribution is 0.167. The minimum absolute atomic E-state index is 0.797. The zero-order chi connectivity index (χ0) is 12.6. The molecule has 6 unspecified atom stereocenters. The second-order valence-electron chi connectivity index (χ2n) is 7.05. The average molecular weight is 236 g/mol. The maximum atomic E-state index is 2.52. The predicted octanol–water partition coefficient (Wildman–Crippen LogP) is 5.52. The van der Waals surface area contributed by atoms with Crippen LogP contribution in [0.4, 0.5) is 0 Å². The highest BCUT2D eigenvalue weighted by molar-refractivity contribution is 5.13. The molecule has 100 valence electrons. The Morgan fingerprint density at radius 2 is 1.71 bits per heavy atom. The van der Waals surface area contributed by atoms with E-state index >= 15 is 0 Å². The van der Waals surface area contributed by atoms with E-state index < -0.39 is 0 Å². The third-order valence-corrected chi connectivity index (χ3v) is 6.44. The van der Waals surface area contributed by atoms with Crippen LogP contribution in [0.2, 0.25) is 0 Å². The molecular weight excluding hydrogens is 204 g/mol. The summed E-state index contributed by atoms with van der Waals surface area (Å²) < 4.78 is 0. The van der Waals surface area contributed by atoms with Crippen LogP contribution in [0.1, 0.15) is 73.1 Å². The van der Waals surface area contributed by atoms with E-state index in [4.69, 9.17) is 0 Å². The maximum absolute atomic E-state index is 2.52. The van der Waals surface area contributed by atoms with Crippen LogP contribution in [0.15, 0.2) is 0 Å². The first kappa shape index (κ1) is 13.4. The molecule has 0 radical (unpaired) electrons. The summed E-state index contributed by atoms with van der Waals surface area (Å²) in [6.07, 6.45) is 8.83. The van der Waals surface area contributed by atoms with Gasteiger partial charge in [0, 0.05) is 0 Å². The van der Waals surface area contributed by atoms with E-state index in [1.165, 1.54) is 25.7 Å². The molecule has 0 bridgehead atoms. The largest absolute Gasteiger partial charge is 0.0651 e. The molecule has 0 aromatic rings. The van der Waals surface area contributed by atoms with Gasteiger partial charge in [-0.05, 0) is 54.3 Å². The second-order valence-corrected chi connectivity index (χ2v) is 7.05. The van der Waals surface area contributed by atoms with Crippen molar-refractivity contribution in [1.82, 2.24) is 0 Å². The first-order valence-corrected chi connectivity index (χ1v) is 8.10. The van der Waals surface area contributed by atoms with Gasteiger partial charge < -0.3 is 0 Å². The average Bonchev–Trinajstić information content (AvgIpc) is 2.94. The normalized spacial score (nSPS) is 43.9. The molecule has 0 heterocycles. The molecule has 2 saturated carbocycles. The molecule has 2 rings (SSSR count). The van der Waals surface area contributed by atoms with Gasteiger partial charge in [-0.1, -0.05) is 53.9 Å². The van der Waals surface area contributed by atoms with Gasteiger partial charge in [-0.15, -0.1) is 0 Å². The SMILES string of the molecule is CCC(C)C1CC12CCC(CC)C2C(C)CC. The molecule has 0 nitrogen and oxygen atoms in total. The summed E-state index contributed by atoms with van der Waals surface area (Å²) >= 11 is 0. The van der Waals surface area contributed by atoms with Gasteiger partial charge in [0.1, 0.15) is 0 Å². The fourth-order valence-electron chi connectivity index (χ4n) is 5.09. The molecule has 0 saturated heterocycles. The standard InChI is InChI=1S/C17H32/c1-6-12(4)15-11-17(15)10-9-14(8-3)16(17)13(5)7-2/h12-16H,6-11H2,1-5H3. The van der Waals surface area contributed by atoms with Crippen LogP contribution in [0, 0.1) is 35.0 Å². The zero-order valence-corrected chi connectivity index (χ0v) is 12.6. The van der Waals surface area contributed by atoms with Crippen LogP contribution in [0.3, 0.4) is 0 Å². The third-order valence-electron chi connectivity index (χ3n) is 6.44. The van der Waals surface area contributed by atoms with E-state index in [2.05, 4.69) is 34.6 Å². The van der Waals surface area contributed by atoms with Crippen molar-refractivity contribution in [3.8, 4) is 0 Å². The molecule has 6 atom stereocenters. The van der Waals surface area contributed by atoms with Crippen molar-refractivity contribution in [3.63, 3.8) is 0 Å². The van der Waals surface area contributed by atoms with Crippen molar-refractivity contribution in [2.75, 3.05) is 0 Å². The summed E-state index contributed by atoms with van der Waals surface area (Å²) in [5.41, 5.74) is 0.797. The summed E-state index contributed by atoms with van der Waals surface area (Å²) in [5, 5.41) is 0. The van der Waals surface area contributed by atoms with Crippen LogP contribution in [-0.4, -0.2) is 0 Å². The lowest BCUT2D eigenvalue weighted by Gasteiger charge is -2.31. The topological polar surface area (TPSA) is 0 Å². The first-order valence-electron chi connectivity index (χ1n) is 8.10. The number of hydrogen-bond acceptors (Lipinski definition) is 0. The maximum Gasteiger partial charge on any atom is -0.0230 e. The molecule has 0 aliphatic heterocycles. The van der Waals surface area contributed by atoms with Crippen molar-refractivity contribution in [2.45, 2.75) is 73.1 Å². The highest BCUT2D eigenvalue weighted by Crippen LogP contribution is 2.72. The van der Waals surface area contributed by atoms with E-state index in [1.54, 1.807) is 12.8 Å². The van der Waals surface area contributed by atoms with Crippen molar-refractivity contribution in [3.05, 3.63) is 0 Å². The zero-order valence-electron chi connectivity index (χ0n) is 12.6. The Balaban J connectivity index is 2.13. The fraction of sp³-hybridized carbons (Fsp3) is 1.00. The molecule has 2 aliphatic rings. The molecule has 0 aromatic carbocycles. The Hall–Kier alpha value is 0. The van der Waals surface area contributed by atoms with E-state index in [9.17, 15) is 0 Å². The molecule has 17 heavy (non-hydrogen) atoms. The lowest BCUT2D eigenvalue weighted by Crippen LogP contribution is -2.25. The molecule has 2 aliphatic carbocycles. The van der Waals surface area contributed by atoms with E-state index in [-0.39, 0.29) is 0 Å². The van der Waals surface area contributed by atoms with Gasteiger partial charge in [0.15, 0.2) is 0 Å². The summed E-state index contributed by atoms with van der Waals surface area (Å²) in [6, 6.07) is 0. The van der Waals surface area contributed by atoms with Gasteiger partial charge >= 0.3 is 0 Å². The Labute approximate surface area is 109 Å². The summed E-state index contributed by atoms with van der Waals surface area (Å²) in [4.78, 5) is 0. The molecule has 0 N–H and O–H groups in total. The van der Waals surface area contributed by atoms with Crippen LogP contribution < -0.4 is 0 Å². The van der Waals surface area contributed by atoms with E-state index in [0.29, 0.717) is 0 Å². The quantitative estimate of drug-likeness (QED) is 0.589. The number of hydrogen-bond donors (Lipinski definition) is 0. The molecule has 0 heteroatoms.